The van der Waals surface area contributed by atoms with Crippen LogP contribution < -0.4 is 5.32 Å². The summed E-state index contributed by atoms with van der Waals surface area (Å²) < 4.78 is 10.9. The van der Waals surface area contributed by atoms with Gasteiger partial charge in [0.15, 0.2) is 0 Å². The molecule has 4 heteroatoms. The third-order valence-electron chi connectivity index (χ3n) is 3.09. The first-order chi connectivity index (χ1) is 7.00. The van der Waals surface area contributed by atoms with E-state index in [0.29, 0.717) is 6.61 Å². The first kappa shape index (κ1) is 12.2. The van der Waals surface area contributed by atoms with Crippen LogP contribution in [0.15, 0.2) is 12.7 Å². The van der Waals surface area contributed by atoms with Crippen LogP contribution in [0.5, 0.6) is 0 Å². The Hall–Kier alpha value is -0.870. The highest BCUT2D eigenvalue weighted by molar-refractivity contribution is 5.81. The van der Waals surface area contributed by atoms with E-state index in [4.69, 9.17) is 9.47 Å². The highest BCUT2D eigenvalue weighted by Crippen LogP contribution is 2.25. The van der Waals surface area contributed by atoms with Crippen molar-refractivity contribution in [2.45, 2.75) is 38.5 Å². The van der Waals surface area contributed by atoms with Crippen LogP contribution in [0.1, 0.15) is 20.8 Å². The average molecular weight is 213 g/mol. The molecule has 1 N–H and O–H groups in total. The standard InChI is InChI=1S/C11H19NO3/c1-5-10(13)15-9(3)11(4)8(2)12-6-7-14-11/h5,8-9,12H,1,6-7H2,2-4H3. The predicted octanol–water partition coefficient (Wildman–Crippen LogP) is 0.871. The van der Waals surface area contributed by atoms with Gasteiger partial charge < -0.3 is 14.8 Å². The van der Waals surface area contributed by atoms with Gasteiger partial charge in [0.25, 0.3) is 0 Å². The van der Waals surface area contributed by atoms with E-state index in [-0.39, 0.29) is 12.1 Å². The molecule has 0 aromatic rings. The maximum absolute atomic E-state index is 11.1. The third kappa shape index (κ3) is 2.58. The van der Waals surface area contributed by atoms with Crippen LogP contribution in [0.25, 0.3) is 0 Å². The molecule has 0 saturated carbocycles. The fraction of sp³-hybridized carbons (Fsp3) is 0.727. The van der Waals surface area contributed by atoms with Gasteiger partial charge in [-0.3, -0.25) is 0 Å². The van der Waals surface area contributed by atoms with E-state index >= 15 is 0 Å². The maximum Gasteiger partial charge on any atom is 0.330 e. The first-order valence-electron chi connectivity index (χ1n) is 5.21. The largest absolute Gasteiger partial charge is 0.456 e. The Morgan fingerprint density at radius 2 is 2.47 bits per heavy atom. The number of ether oxygens (including phenoxy) is 2. The number of hydrogen-bond donors (Lipinski definition) is 1. The van der Waals surface area contributed by atoms with Crippen LogP contribution in [0.4, 0.5) is 0 Å². The summed E-state index contributed by atoms with van der Waals surface area (Å²) in [5.74, 6) is -0.412. The Morgan fingerprint density at radius 3 is 3.00 bits per heavy atom. The van der Waals surface area contributed by atoms with E-state index in [2.05, 4.69) is 11.9 Å². The Bertz CT molecular complexity index is 254. The van der Waals surface area contributed by atoms with Crippen LogP contribution in [0.2, 0.25) is 0 Å². The van der Waals surface area contributed by atoms with Crippen molar-refractivity contribution in [3.63, 3.8) is 0 Å². The summed E-state index contributed by atoms with van der Waals surface area (Å²) in [6.45, 7) is 10.7. The molecule has 0 amide bonds. The Morgan fingerprint density at radius 1 is 1.80 bits per heavy atom. The second-order valence-corrected chi connectivity index (χ2v) is 3.99. The summed E-state index contributed by atoms with van der Waals surface area (Å²) in [6, 6.07) is 0.152. The van der Waals surface area contributed by atoms with Crippen LogP contribution in [-0.2, 0) is 14.3 Å². The normalized spacial score (nSPS) is 33.1. The van der Waals surface area contributed by atoms with E-state index in [9.17, 15) is 4.79 Å². The molecule has 0 spiro atoms. The van der Waals surface area contributed by atoms with Crippen molar-refractivity contribution in [3.05, 3.63) is 12.7 Å². The highest BCUT2D eigenvalue weighted by atomic mass is 16.6. The van der Waals surface area contributed by atoms with Crippen molar-refractivity contribution in [2.24, 2.45) is 0 Å². The molecule has 3 atom stereocenters. The van der Waals surface area contributed by atoms with Crippen molar-refractivity contribution in [1.29, 1.82) is 0 Å². The van der Waals surface area contributed by atoms with Gasteiger partial charge in [0, 0.05) is 18.7 Å². The molecule has 1 rings (SSSR count). The zero-order chi connectivity index (χ0) is 11.5. The lowest BCUT2D eigenvalue weighted by atomic mass is 9.90. The Labute approximate surface area is 90.6 Å². The van der Waals surface area contributed by atoms with Gasteiger partial charge in [-0.25, -0.2) is 4.79 Å². The van der Waals surface area contributed by atoms with Gasteiger partial charge in [-0.1, -0.05) is 6.58 Å². The molecule has 15 heavy (non-hydrogen) atoms. The second kappa shape index (κ2) is 4.77. The number of esters is 1. The summed E-state index contributed by atoms with van der Waals surface area (Å²) in [7, 11) is 0. The molecule has 3 unspecified atom stereocenters. The van der Waals surface area contributed by atoms with Gasteiger partial charge in [-0.2, -0.15) is 0 Å². The van der Waals surface area contributed by atoms with Crippen molar-refractivity contribution in [1.82, 2.24) is 5.32 Å². The van der Waals surface area contributed by atoms with Crippen LogP contribution in [-0.4, -0.2) is 36.9 Å². The number of nitrogens with one attached hydrogen (secondary N) is 1. The van der Waals surface area contributed by atoms with Gasteiger partial charge in [0.1, 0.15) is 11.7 Å². The lowest BCUT2D eigenvalue weighted by Gasteiger charge is -2.43. The fourth-order valence-electron chi connectivity index (χ4n) is 1.68. The molecule has 0 bridgehead atoms. The van der Waals surface area contributed by atoms with Gasteiger partial charge in [0.2, 0.25) is 0 Å². The summed E-state index contributed by atoms with van der Waals surface area (Å²) >= 11 is 0. The monoisotopic (exact) mass is 213 g/mol. The molecule has 1 heterocycles. The summed E-state index contributed by atoms with van der Waals surface area (Å²) in [5, 5.41) is 3.30. The minimum absolute atomic E-state index is 0.152. The number of carbonyl (C=O) groups excluding carboxylic acids is 1. The van der Waals surface area contributed by atoms with Crippen molar-refractivity contribution >= 4 is 5.97 Å². The number of carbonyl (C=O) groups is 1. The molecule has 1 aliphatic rings. The topological polar surface area (TPSA) is 47.6 Å². The van der Waals surface area contributed by atoms with E-state index in [1.807, 2.05) is 20.8 Å². The zero-order valence-electron chi connectivity index (χ0n) is 9.58. The molecular weight excluding hydrogens is 194 g/mol. The number of morpholine rings is 1. The molecule has 4 nitrogen and oxygen atoms in total. The molecule has 1 saturated heterocycles. The summed E-state index contributed by atoms with van der Waals surface area (Å²) in [4.78, 5) is 11.1. The van der Waals surface area contributed by atoms with E-state index in [1.54, 1.807) is 0 Å². The molecule has 1 fully saturated rings. The third-order valence-corrected chi connectivity index (χ3v) is 3.09. The summed E-state index contributed by atoms with van der Waals surface area (Å²) in [5.41, 5.74) is -0.475. The minimum Gasteiger partial charge on any atom is -0.456 e. The van der Waals surface area contributed by atoms with E-state index < -0.39 is 11.6 Å². The molecule has 1 aliphatic heterocycles. The molecule has 86 valence electrons. The van der Waals surface area contributed by atoms with Gasteiger partial charge in [-0.05, 0) is 20.8 Å². The highest BCUT2D eigenvalue weighted by Gasteiger charge is 2.42. The molecule has 0 radical (unpaired) electrons. The quantitative estimate of drug-likeness (QED) is 0.558. The summed E-state index contributed by atoms with van der Waals surface area (Å²) in [6.07, 6.45) is 0.867. The zero-order valence-corrected chi connectivity index (χ0v) is 9.58. The van der Waals surface area contributed by atoms with Crippen molar-refractivity contribution in [2.75, 3.05) is 13.2 Å². The molecule has 0 aromatic carbocycles. The van der Waals surface area contributed by atoms with E-state index in [1.165, 1.54) is 6.08 Å². The smallest absolute Gasteiger partial charge is 0.330 e. The van der Waals surface area contributed by atoms with Crippen molar-refractivity contribution in [3.8, 4) is 0 Å². The maximum atomic E-state index is 11.1. The van der Waals surface area contributed by atoms with Gasteiger partial charge in [-0.15, -0.1) is 0 Å². The lowest BCUT2D eigenvalue weighted by Crippen LogP contribution is -2.60. The van der Waals surface area contributed by atoms with Gasteiger partial charge >= 0.3 is 5.97 Å². The average Bonchev–Trinajstić information content (AvgIpc) is 2.22. The van der Waals surface area contributed by atoms with Crippen LogP contribution in [0.3, 0.4) is 0 Å². The van der Waals surface area contributed by atoms with Crippen LogP contribution >= 0.6 is 0 Å². The van der Waals surface area contributed by atoms with E-state index in [0.717, 1.165) is 6.54 Å². The molecular formula is C11H19NO3. The van der Waals surface area contributed by atoms with Gasteiger partial charge in [0.05, 0.1) is 6.61 Å². The first-order valence-corrected chi connectivity index (χ1v) is 5.21. The predicted molar refractivity (Wildman–Crippen MR) is 57.6 cm³/mol. The Balaban J connectivity index is 2.65. The SMILES string of the molecule is C=CC(=O)OC(C)C1(C)OCCNC1C. The number of hydrogen-bond acceptors (Lipinski definition) is 4. The minimum atomic E-state index is -0.475. The van der Waals surface area contributed by atoms with Crippen molar-refractivity contribution < 1.29 is 14.3 Å². The lowest BCUT2D eigenvalue weighted by molar-refractivity contribution is -0.175. The Kier molecular flexibility index (Phi) is 3.88. The second-order valence-electron chi connectivity index (χ2n) is 3.99. The number of rotatable bonds is 3. The van der Waals surface area contributed by atoms with Crippen LogP contribution in [0, 0.1) is 0 Å². The molecule has 0 aliphatic carbocycles. The fourth-order valence-corrected chi connectivity index (χ4v) is 1.68. The molecule has 0 aromatic heterocycles.